The summed E-state index contributed by atoms with van der Waals surface area (Å²) in [6.45, 7) is 3.70. The van der Waals surface area contributed by atoms with Gasteiger partial charge < -0.3 is 4.57 Å². The summed E-state index contributed by atoms with van der Waals surface area (Å²) in [6.07, 6.45) is 10.2. The van der Waals surface area contributed by atoms with Crippen LogP contribution in [0.25, 0.3) is 0 Å². The predicted octanol–water partition coefficient (Wildman–Crippen LogP) is 3.32. The monoisotopic (exact) mass is 258 g/mol. The highest BCUT2D eigenvalue weighted by Gasteiger charge is 2.52. The Bertz CT molecular complexity index is 508. The van der Waals surface area contributed by atoms with Crippen molar-refractivity contribution in [1.29, 1.82) is 0 Å². The maximum Gasteiger partial charge on any atom is 0.179 e. The van der Waals surface area contributed by atoms with E-state index in [-0.39, 0.29) is 5.78 Å². The summed E-state index contributed by atoms with van der Waals surface area (Å²) in [5.41, 5.74) is 2.06. The van der Waals surface area contributed by atoms with Crippen LogP contribution in [0.5, 0.6) is 0 Å². The molecule has 0 N–H and O–H groups in total. The van der Waals surface area contributed by atoms with Gasteiger partial charge in [0, 0.05) is 18.2 Å². The lowest BCUT2D eigenvalue weighted by Crippen LogP contribution is -2.52. The number of hydrogen-bond donors (Lipinski definition) is 0. The summed E-state index contributed by atoms with van der Waals surface area (Å²) in [7, 11) is 0. The summed E-state index contributed by atoms with van der Waals surface area (Å²) >= 11 is 0. The van der Waals surface area contributed by atoms with E-state index in [1.54, 1.807) is 6.92 Å². The average molecular weight is 258 g/mol. The molecular formula is C16H22N2O. The highest BCUT2D eigenvalue weighted by atomic mass is 16.1. The number of aromatic nitrogens is 2. The fraction of sp³-hybridized carbons (Fsp3) is 0.750. The Hall–Kier alpha value is -1.12. The molecule has 3 heteroatoms. The smallest absolute Gasteiger partial charge is 0.179 e. The third-order valence-electron chi connectivity index (χ3n) is 5.86. The molecule has 0 unspecified atom stereocenters. The van der Waals surface area contributed by atoms with Gasteiger partial charge in [0.05, 0.1) is 6.33 Å². The van der Waals surface area contributed by atoms with E-state index in [4.69, 9.17) is 0 Å². The predicted molar refractivity (Wildman–Crippen MR) is 73.1 cm³/mol. The largest absolute Gasteiger partial charge is 0.328 e. The standard InChI is InChI=1S/C16H22N2O/c1-10-15(11(2)19)17-9-18(10)16-6-12-3-13(7-16)5-14(4-12)8-16/h9,12-14H,3-8H2,1-2H3. The molecule has 1 heterocycles. The summed E-state index contributed by atoms with van der Waals surface area (Å²) in [5, 5.41) is 0. The molecule has 3 nitrogen and oxygen atoms in total. The number of carbonyl (C=O) groups is 1. The van der Waals surface area contributed by atoms with E-state index in [9.17, 15) is 4.79 Å². The van der Waals surface area contributed by atoms with Crippen LogP contribution in [0.1, 0.15) is 61.6 Å². The Morgan fingerprint density at radius 2 is 1.74 bits per heavy atom. The maximum absolute atomic E-state index is 11.6. The van der Waals surface area contributed by atoms with Gasteiger partial charge in [0.1, 0.15) is 5.69 Å². The first-order valence-electron chi connectivity index (χ1n) is 7.63. The van der Waals surface area contributed by atoms with Gasteiger partial charge in [-0.2, -0.15) is 0 Å². The Balaban J connectivity index is 1.77. The molecule has 0 amide bonds. The van der Waals surface area contributed by atoms with E-state index in [2.05, 4.69) is 16.5 Å². The second-order valence-corrected chi connectivity index (χ2v) is 7.25. The molecule has 19 heavy (non-hydrogen) atoms. The lowest BCUT2D eigenvalue weighted by atomic mass is 9.53. The van der Waals surface area contributed by atoms with Crippen molar-refractivity contribution in [3.8, 4) is 0 Å². The average Bonchev–Trinajstić information content (AvgIpc) is 2.69. The van der Waals surface area contributed by atoms with Crippen molar-refractivity contribution in [1.82, 2.24) is 9.55 Å². The SMILES string of the molecule is CC(=O)c1ncn(C23CC4CC(CC(C4)C2)C3)c1C. The van der Waals surface area contributed by atoms with Crippen LogP contribution >= 0.6 is 0 Å². The molecule has 1 aromatic heterocycles. The minimum Gasteiger partial charge on any atom is -0.328 e. The molecule has 4 saturated carbocycles. The van der Waals surface area contributed by atoms with Gasteiger partial charge in [-0.3, -0.25) is 4.79 Å². The third kappa shape index (κ3) is 1.56. The van der Waals surface area contributed by atoms with Gasteiger partial charge in [-0.1, -0.05) is 0 Å². The fourth-order valence-corrected chi connectivity index (χ4v) is 5.59. The van der Waals surface area contributed by atoms with Crippen LogP contribution in [0, 0.1) is 24.7 Å². The highest BCUT2D eigenvalue weighted by Crippen LogP contribution is 2.59. The molecule has 102 valence electrons. The van der Waals surface area contributed by atoms with Crippen molar-refractivity contribution in [2.75, 3.05) is 0 Å². The van der Waals surface area contributed by atoms with E-state index in [1.807, 2.05) is 6.33 Å². The van der Waals surface area contributed by atoms with Gasteiger partial charge in [-0.05, 0) is 63.2 Å². The second-order valence-electron chi connectivity index (χ2n) is 7.25. The summed E-state index contributed by atoms with van der Waals surface area (Å²) in [6, 6.07) is 0. The van der Waals surface area contributed by atoms with Crippen LogP contribution < -0.4 is 0 Å². The second kappa shape index (κ2) is 3.71. The quantitative estimate of drug-likeness (QED) is 0.763. The van der Waals surface area contributed by atoms with Gasteiger partial charge in [-0.25, -0.2) is 4.98 Å². The van der Waals surface area contributed by atoms with Crippen molar-refractivity contribution >= 4 is 5.78 Å². The van der Waals surface area contributed by atoms with E-state index >= 15 is 0 Å². The fourth-order valence-electron chi connectivity index (χ4n) is 5.59. The molecule has 4 fully saturated rings. The van der Waals surface area contributed by atoms with Crippen LogP contribution in [0.2, 0.25) is 0 Å². The Morgan fingerprint density at radius 3 is 2.16 bits per heavy atom. The molecule has 4 aliphatic carbocycles. The summed E-state index contributed by atoms with van der Waals surface area (Å²) < 4.78 is 2.37. The van der Waals surface area contributed by atoms with Gasteiger partial charge in [0.25, 0.3) is 0 Å². The number of rotatable bonds is 2. The van der Waals surface area contributed by atoms with E-state index in [0.717, 1.165) is 23.4 Å². The van der Waals surface area contributed by atoms with Gasteiger partial charge >= 0.3 is 0 Å². The first-order valence-corrected chi connectivity index (χ1v) is 7.63. The number of nitrogens with zero attached hydrogens (tertiary/aromatic N) is 2. The minimum absolute atomic E-state index is 0.0981. The van der Waals surface area contributed by atoms with Crippen molar-refractivity contribution in [2.45, 2.75) is 57.9 Å². The maximum atomic E-state index is 11.6. The van der Waals surface area contributed by atoms with Crippen molar-refractivity contribution < 1.29 is 4.79 Å². The normalized spacial score (nSPS) is 39.8. The number of imidazole rings is 1. The lowest BCUT2D eigenvalue weighted by molar-refractivity contribution is -0.0440. The minimum atomic E-state index is 0.0981. The van der Waals surface area contributed by atoms with Gasteiger partial charge in [0.2, 0.25) is 0 Å². The number of hydrogen-bond acceptors (Lipinski definition) is 2. The molecule has 0 aliphatic heterocycles. The molecule has 5 rings (SSSR count). The number of ketones is 1. The Morgan fingerprint density at radius 1 is 1.21 bits per heavy atom. The van der Waals surface area contributed by atoms with Crippen molar-refractivity contribution in [3.63, 3.8) is 0 Å². The van der Waals surface area contributed by atoms with Crippen LogP contribution in [-0.2, 0) is 5.54 Å². The molecule has 0 aromatic carbocycles. The molecule has 4 bridgehead atoms. The van der Waals surface area contributed by atoms with Crippen molar-refractivity contribution in [2.24, 2.45) is 17.8 Å². The molecule has 1 aromatic rings. The van der Waals surface area contributed by atoms with E-state index in [1.165, 1.54) is 38.5 Å². The van der Waals surface area contributed by atoms with Crippen LogP contribution in [0.3, 0.4) is 0 Å². The van der Waals surface area contributed by atoms with Gasteiger partial charge in [0.15, 0.2) is 5.78 Å². The molecule has 0 spiro atoms. The Kier molecular flexibility index (Phi) is 2.28. The number of Topliss-reactive ketones (excluding diaryl/α,β-unsaturated/α-hetero) is 1. The zero-order valence-corrected chi connectivity index (χ0v) is 11.9. The molecule has 0 radical (unpaired) electrons. The molecule has 0 atom stereocenters. The van der Waals surface area contributed by atoms with Crippen LogP contribution in [-0.4, -0.2) is 15.3 Å². The van der Waals surface area contributed by atoms with Crippen LogP contribution in [0.4, 0.5) is 0 Å². The zero-order valence-electron chi connectivity index (χ0n) is 11.9. The number of carbonyl (C=O) groups excluding carboxylic acids is 1. The molecule has 0 saturated heterocycles. The lowest BCUT2D eigenvalue weighted by Gasteiger charge is -2.57. The highest BCUT2D eigenvalue weighted by molar-refractivity contribution is 5.93. The first kappa shape index (κ1) is 11.7. The summed E-state index contributed by atoms with van der Waals surface area (Å²) in [5.74, 6) is 2.87. The van der Waals surface area contributed by atoms with Crippen LogP contribution in [0.15, 0.2) is 6.33 Å². The summed E-state index contributed by atoms with van der Waals surface area (Å²) in [4.78, 5) is 16.0. The third-order valence-corrected chi connectivity index (χ3v) is 5.86. The topological polar surface area (TPSA) is 34.9 Å². The zero-order chi connectivity index (χ0) is 13.2. The van der Waals surface area contributed by atoms with Crippen molar-refractivity contribution in [3.05, 3.63) is 17.7 Å². The Labute approximate surface area is 114 Å². The molecule has 4 aliphatic rings. The van der Waals surface area contributed by atoms with E-state index in [0.29, 0.717) is 11.2 Å². The first-order chi connectivity index (χ1) is 9.07. The van der Waals surface area contributed by atoms with Gasteiger partial charge in [-0.15, -0.1) is 0 Å². The molecular weight excluding hydrogens is 236 g/mol. The van der Waals surface area contributed by atoms with E-state index < -0.39 is 0 Å².